The maximum absolute atomic E-state index is 9.99. The van der Waals surface area contributed by atoms with E-state index in [1.807, 2.05) is 19.1 Å². The van der Waals surface area contributed by atoms with E-state index >= 15 is 0 Å². The zero-order valence-electron chi connectivity index (χ0n) is 11.8. The van der Waals surface area contributed by atoms with Gasteiger partial charge in [-0.2, -0.15) is 0 Å². The fraction of sp³-hybridized carbons (Fsp3) is 0.600. The molecule has 1 saturated carbocycles. The molecule has 0 bridgehead atoms. The molecule has 1 atom stereocenters. The van der Waals surface area contributed by atoms with E-state index in [1.165, 1.54) is 0 Å². The number of nitrogens with one attached hydrogen (secondary N) is 1. The molecule has 2 N–H and O–H groups in total. The van der Waals surface area contributed by atoms with Crippen LogP contribution in [0.15, 0.2) is 18.2 Å². The summed E-state index contributed by atoms with van der Waals surface area (Å²) in [6, 6.07) is 6.03. The Morgan fingerprint density at radius 2 is 2.16 bits per heavy atom. The number of aromatic hydroxyl groups is 1. The number of rotatable bonds is 6. The van der Waals surface area contributed by atoms with Crippen LogP contribution in [-0.2, 0) is 4.74 Å². The molecule has 1 aliphatic rings. The molecule has 4 heteroatoms. The second kappa shape index (κ2) is 6.26. The van der Waals surface area contributed by atoms with Gasteiger partial charge >= 0.3 is 0 Å². The summed E-state index contributed by atoms with van der Waals surface area (Å²) in [5.41, 5.74) is 0.903. The van der Waals surface area contributed by atoms with Gasteiger partial charge in [-0.15, -0.1) is 0 Å². The number of phenols is 1. The highest BCUT2D eigenvalue weighted by Crippen LogP contribution is 2.31. The van der Waals surface area contributed by atoms with E-state index in [4.69, 9.17) is 9.47 Å². The quantitative estimate of drug-likeness (QED) is 0.830. The van der Waals surface area contributed by atoms with Gasteiger partial charge in [0.2, 0.25) is 0 Å². The van der Waals surface area contributed by atoms with Crippen LogP contribution in [0.5, 0.6) is 11.5 Å². The third-order valence-corrected chi connectivity index (χ3v) is 3.69. The van der Waals surface area contributed by atoms with Crippen molar-refractivity contribution in [3.05, 3.63) is 23.8 Å². The second-order valence-corrected chi connectivity index (χ2v) is 5.06. The van der Waals surface area contributed by atoms with Gasteiger partial charge in [-0.1, -0.05) is 6.07 Å². The van der Waals surface area contributed by atoms with Gasteiger partial charge in [0, 0.05) is 30.3 Å². The van der Waals surface area contributed by atoms with Crippen LogP contribution in [0.2, 0.25) is 0 Å². The van der Waals surface area contributed by atoms with Crippen LogP contribution in [0, 0.1) is 0 Å². The molecule has 1 aliphatic carbocycles. The Hall–Kier alpha value is -1.26. The molecule has 1 aromatic rings. The Bertz CT molecular complexity index is 416. The van der Waals surface area contributed by atoms with Crippen LogP contribution in [0.25, 0.3) is 0 Å². The fourth-order valence-corrected chi connectivity index (χ4v) is 2.53. The SMILES string of the molecule is CCOC1CC(NC(C)c2ccc(OC)cc2O)C1. The standard InChI is InChI=1S/C15H23NO3/c1-4-19-13-7-11(8-13)16-10(2)14-6-5-12(18-3)9-15(14)17/h5-6,9-11,13,16-17H,4,7-8H2,1-3H3. The van der Waals surface area contributed by atoms with Crippen LogP contribution >= 0.6 is 0 Å². The minimum Gasteiger partial charge on any atom is -0.507 e. The Labute approximate surface area is 114 Å². The first kappa shape index (κ1) is 14.2. The molecule has 0 aliphatic heterocycles. The Morgan fingerprint density at radius 1 is 1.42 bits per heavy atom. The minimum atomic E-state index is 0.124. The summed E-state index contributed by atoms with van der Waals surface area (Å²) in [6.07, 6.45) is 2.50. The summed E-state index contributed by atoms with van der Waals surface area (Å²) >= 11 is 0. The minimum absolute atomic E-state index is 0.124. The highest BCUT2D eigenvalue weighted by molar-refractivity contribution is 5.41. The lowest BCUT2D eigenvalue weighted by atomic mass is 9.88. The van der Waals surface area contributed by atoms with Crippen molar-refractivity contribution in [1.82, 2.24) is 5.32 Å². The van der Waals surface area contributed by atoms with Crippen molar-refractivity contribution >= 4 is 0 Å². The van der Waals surface area contributed by atoms with Gasteiger partial charge in [0.25, 0.3) is 0 Å². The molecule has 0 aromatic heterocycles. The number of hydrogen-bond donors (Lipinski definition) is 2. The highest BCUT2D eigenvalue weighted by Gasteiger charge is 2.30. The van der Waals surface area contributed by atoms with E-state index in [1.54, 1.807) is 13.2 Å². The lowest BCUT2D eigenvalue weighted by molar-refractivity contribution is -0.0120. The maximum atomic E-state index is 9.99. The Morgan fingerprint density at radius 3 is 2.74 bits per heavy atom. The number of hydrogen-bond acceptors (Lipinski definition) is 4. The van der Waals surface area contributed by atoms with Gasteiger partial charge in [0.1, 0.15) is 11.5 Å². The van der Waals surface area contributed by atoms with Crippen molar-refractivity contribution in [1.29, 1.82) is 0 Å². The fourth-order valence-electron chi connectivity index (χ4n) is 2.53. The number of benzene rings is 1. The van der Waals surface area contributed by atoms with Gasteiger partial charge in [-0.05, 0) is 32.8 Å². The predicted octanol–water partition coefficient (Wildman–Crippen LogP) is 2.62. The van der Waals surface area contributed by atoms with Crippen molar-refractivity contribution < 1.29 is 14.6 Å². The summed E-state index contributed by atoms with van der Waals surface area (Å²) in [6.45, 7) is 4.88. The van der Waals surface area contributed by atoms with Crippen LogP contribution in [0.4, 0.5) is 0 Å². The molecule has 0 spiro atoms. The third kappa shape index (κ3) is 3.39. The molecule has 2 rings (SSSR count). The molecule has 4 nitrogen and oxygen atoms in total. The maximum Gasteiger partial charge on any atom is 0.124 e. The summed E-state index contributed by atoms with van der Waals surface area (Å²) in [5, 5.41) is 13.5. The first-order valence-electron chi connectivity index (χ1n) is 6.88. The van der Waals surface area contributed by atoms with E-state index < -0.39 is 0 Å². The van der Waals surface area contributed by atoms with Crippen LogP contribution in [0.1, 0.15) is 38.3 Å². The predicted molar refractivity (Wildman–Crippen MR) is 74.6 cm³/mol. The Kier molecular flexibility index (Phi) is 4.66. The lowest BCUT2D eigenvalue weighted by Gasteiger charge is -2.37. The van der Waals surface area contributed by atoms with E-state index in [0.717, 1.165) is 25.0 Å². The monoisotopic (exact) mass is 265 g/mol. The topological polar surface area (TPSA) is 50.7 Å². The summed E-state index contributed by atoms with van der Waals surface area (Å²) < 4.78 is 10.6. The van der Waals surface area contributed by atoms with Crippen molar-refractivity contribution in [2.75, 3.05) is 13.7 Å². The smallest absolute Gasteiger partial charge is 0.124 e. The van der Waals surface area contributed by atoms with Crippen molar-refractivity contribution in [2.45, 2.75) is 44.9 Å². The van der Waals surface area contributed by atoms with Gasteiger partial charge in [-0.3, -0.25) is 0 Å². The number of ether oxygens (including phenoxy) is 2. The third-order valence-electron chi connectivity index (χ3n) is 3.69. The van der Waals surface area contributed by atoms with Crippen LogP contribution in [0.3, 0.4) is 0 Å². The van der Waals surface area contributed by atoms with Gasteiger partial charge in [-0.25, -0.2) is 0 Å². The number of phenolic OH excluding ortho intramolecular Hbond substituents is 1. The van der Waals surface area contributed by atoms with Crippen LogP contribution < -0.4 is 10.1 Å². The average Bonchev–Trinajstić information content (AvgIpc) is 2.35. The van der Waals surface area contributed by atoms with Crippen molar-refractivity contribution in [3.63, 3.8) is 0 Å². The summed E-state index contributed by atoms with van der Waals surface area (Å²) in [4.78, 5) is 0. The summed E-state index contributed by atoms with van der Waals surface area (Å²) in [7, 11) is 1.60. The first-order valence-corrected chi connectivity index (χ1v) is 6.88. The molecule has 106 valence electrons. The molecular formula is C15H23NO3. The molecule has 1 aromatic carbocycles. The second-order valence-electron chi connectivity index (χ2n) is 5.06. The molecule has 0 radical (unpaired) electrons. The van der Waals surface area contributed by atoms with E-state index in [-0.39, 0.29) is 11.8 Å². The normalized spacial score (nSPS) is 23.7. The van der Waals surface area contributed by atoms with Gasteiger partial charge in [0.15, 0.2) is 0 Å². The lowest BCUT2D eigenvalue weighted by Crippen LogP contribution is -2.46. The molecular weight excluding hydrogens is 242 g/mol. The van der Waals surface area contributed by atoms with Crippen LogP contribution in [-0.4, -0.2) is 31.0 Å². The molecule has 0 heterocycles. The van der Waals surface area contributed by atoms with E-state index in [9.17, 15) is 5.11 Å². The van der Waals surface area contributed by atoms with Crippen molar-refractivity contribution in [3.8, 4) is 11.5 Å². The van der Waals surface area contributed by atoms with Gasteiger partial charge in [0.05, 0.1) is 13.2 Å². The zero-order valence-corrected chi connectivity index (χ0v) is 11.8. The van der Waals surface area contributed by atoms with E-state index in [0.29, 0.717) is 17.9 Å². The average molecular weight is 265 g/mol. The highest BCUT2D eigenvalue weighted by atomic mass is 16.5. The molecule has 1 fully saturated rings. The molecule has 1 unspecified atom stereocenters. The zero-order chi connectivity index (χ0) is 13.8. The first-order chi connectivity index (χ1) is 9.13. The molecule has 19 heavy (non-hydrogen) atoms. The summed E-state index contributed by atoms with van der Waals surface area (Å²) in [5.74, 6) is 0.952. The van der Waals surface area contributed by atoms with Gasteiger partial charge < -0.3 is 19.9 Å². The van der Waals surface area contributed by atoms with E-state index in [2.05, 4.69) is 12.2 Å². The Balaban J connectivity index is 1.88. The van der Waals surface area contributed by atoms with Crippen molar-refractivity contribution in [2.24, 2.45) is 0 Å². The largest absolute Gasteiger partial charge is 0.507 e. The molecule has 0 saturated heterocycles. The molecule has 0 amide bonds. The number of methoxy groups -OCH3 is 1.